The Morgan fingerprint density at radius 3 is 2.35 bits per heavy atom. The molecule has 0 unspecified atom stereocenters. The molecule has 108 valence electrons. The fourth-order valence-electron chi connectivity index (χ4n) is 2.52. The van der Waals surface area contributed by atoms with Gasteiger partial charge in [0, 0.05) is 0 Å². The van der Waals surface area contributed by atoms with Crippen molar-refractivity contribution in [1.29, 1.82) is 0 Å². The van der Waals surface area contributed by atoms with Gasteiger partial charge in [-0.25, -0.2) is 4.39 Å². The topological polar surface area (TPSA) is 55.1 Å². The lowest BCUT2D eigenvalue weighted by molar-refractivity contribution is -0.127. The normalized spacial score (nSPS) is 24.9. The largest absolute Gasteiger partial charge is 0.392 e. The van der Waals surface area contributed by atoms with E-state index in [0.29, 0.717) is 18.8 Å². The molecular weight excluding hydrogens is 322 g/mol. The third-order valence-electron chi connectivity index (χ3n) is 3.55. The highest BCUT2D eigenvalue weighted by molar-refractivity contribution is 7.80. The number of carbonyl (C=O) groups excluding carboxylic acids is 1. The molecule has 1 saturated carbocycles. The highest BCUT2D eigenvalue weighted by Gasteiger charge is 2.51. The molecule has 0 radical (unpaired) electrons. The molecule has 1 amide bonds. The number of nitrogens with two attached hydrogens (primary N) is 1. The van der Waals surface area contributed by atoms with Crippen LogP contribution in [0.3, 0.4) is 0 Å². The lowest BCUT2D eigenvalue weighted by Gasteiger charge is -2.44. The van der Waals surface area contributed by atoms with Gasteiger partial charge in [-0.05, 0) is 30.9 Å². The van der Waals surface area contributed by atoms with Crippen LogP contribution in [0.15, 0.2) is 12.1 Å². The van der Waals surface area contributed by atoms with E-state index in [-0.39, 0.29) is 26.6 Å². The number of benzene rings is 1. The zero-order valence-corrected chi connectivity index (χ0v) is 13.0. The van der Waals surface area contributed by atoms with Gasteiger partial charge in [0.05, 0.1) is 26.1 Å². The average Bonchev–Trinajstić information content (AvgIpc) is 2.28. The number of hydrogen-bond donors (Lipinski definition) is 2. The van der Waals surface area contributed by atoms with Gasteiger partial charge in [-0.1, -0.05) is 42.3 Å². The van der Waals surface area contributed by atoms with Crippen LogP contribution < -0.4 is 11.1 Å². The summed E-state index contributed by atoms with van der Waals surface area (Å²) in [6.45, 7) is 2.02. The molecule has 1 aliphatic carbocycles. The SMILES string of the molecule is CC1CC(C(=O)Nc2c(Cl)cc(F)cc2Cl)(C(N)=S)C1. The number of rotatable bonds is 3. The minimum absolute atomic E-state index is 0.0359. The van der Waals surface area contributed by atoms with Crippen LogP contribution >= 0.6 is 35.4 Å². The van der Waals surface area contributed by atoms with Crippen molar-refractivity contribution in [1.82, 2.24) is 0 Å². The standard InChI is InChI=1S/C13H13Cl2FN2OS/c1-6-4-13(5-6,11(17)20)12(19)18-10-8(14)2-7(16)3-9(10)15/h2-3,6H,4-5H2,1H3,(H2,17,20)(H,18,19). The van der Waals surface area contributed by atoms with Crippen LogP contribution in [-0.2, 0) is 4.79 Å². The van der Waals surface area contributed by atoms with Crippen molar-refractivity contribution in [2.45, 2.75) is 19.8 Å². The molecule has 0 spiro atoms. The summed E-state index contributed by atoms with van der Waals surface area (Å²) >= 11 is 16.8. The van der Waals surface area contributed by atoms with Crippen molar-refractivity contribution in [3.8, 4) is 0 Å². The molecule has 7 heteroatoms. The predicted molar refractivity (Wildman–Crippen MR) is 82.7 cm³/mol. The maximum Gasteiger partial charge on any atom is 0.237 e. The first kappa shape index (κ1) is 15.5. The Morgan fingerprint density at radius 1 is 1.45 bits per heavy atom. The van der Waals surface area contributed by atoms with Gasteiger partial charge in [-0.2, -0.15) is 0 Å². The summed E-state index contributed by atoms with van der Waals surface area (Å²) in [5.74, 6) is -0.542. The van der Waals surface area contributed by atoms with Crippen LogP contribution in [0.2, 0.25) is 10.0 Å². The van der Waals surface area contributed by atoms with Gasteiger partial charge in [0.25, 0.3) is 0 Å². The van der Waals surface area contributed by atoms with E-state index in [9.17, 15) is 9.18 Å². The molecule has 0 aliphatic heterocycles. The van der Waals surface area contributed by atoms with Gasteiger partial charge < -0.3 is 11.1 Å². The Morgan fingerprint density at radius 2 is 1.95 bits per heavy atom. The van der Waals surface area contributed by atoms with Crippen LogP contribution in [0.25, 0.3) is 0 Å². The maximum atomic E-state index is 13.1. The number of thiocarbonyl (C=S) groups is 1. The Balaban J connectivity index is 2.26. The lowest BCUT2D eigenvalue weighted by Crippen LogP contribution is -2.53. The van der Waals surface area contributed by atoms with Gasteiger partial charge in [0.2, 0.25) is 5.91 Å². The minimum atomic E-state index is -0.865. The molecule has 1 aliphatic rings. The van der Waals surface area contributed by atoms with Gasteiger partial charge >= 0.3 is 0 Å². The van der Waals surface area contributed by atoms with E-state index >= 15 is 0 Å². The summed E-state index contributed by atoms with van der Waals surface area (Å²) in [4.78, 5) is 12.6. The quantitative estimate of drug-likeness (QED) is 0.827. The lowest BCUT2D eigenvalue weighted by atomic mass is 9.62. The number of carbonyl (C=O) groups is 1. The van der Waals surface area contributed by atoms with Crippen LogP contribution in [0, 0.1) is 17.2 Å². The number of halogens is 3. The van der Waals surface area contributed by atoms with Crippen LogP contribution in [-0.4, -0.2) is 10.9 Å². The Kier molecular flexibility index (Phi) is 4.23. The van der Waals surface area contributed by atoms with E-state index < -0.39 is 11.2 Å². The van der Waals surface area contributed by atoms with Gasteiger partial charge in [-0.3, -0.25) is 4.79 Å². The van der Waals surface area contributed by atoms with E-state index in [0.717, 1.165) is 12.1 Å². The molecule has 0 bridgehead atoms. The summed E-state index contributed by atoms with van der Waals surface area (Å²) in [5, 5.41) is 2.69. The summed E-state index contributed by atoms with van der Waals surface area (Å²) in [6.07, 6.45) is 1.18. The number of hydrogen-bond acceptors (Lipinski definition) is 2. The maximum absolute atomic E-state index is 13.1. The first-order chi connectivity index (χ1) is 9.26. The fraction of sp³-hybridized carbons (Fsp3) is 0.385. The van der Waals surface area contributed by atoms with E-state index in [1.165, 1.54) is 0 Å². The van der Waals surface area contributed by atoms with Gasteiger partial charge in [0.1, 0.15) is 5.82 Å². The van der Waals surface area contributed by atoms with E-state index in [2.05, 4.69) is 5.32 Å². The minimum Gasteiger partial charge on any atom is -0.392 e. The molecule has 2 rings (SSSR count). The Hall–Kier alpha value is -0.910. The van der Waals surface area contributed by atoms with Crippen molar-refractivity contribution in [3.63, 3.8) is 0 Å². The molecule has 1 aromatic carbocycles. The second-order valence-electron chi connectivity index (χ2n) is 5.16. The van der Waals surface area contributed by atoms with E-state index in [1.54, 1.807) is 0 Å². The van der Waals surface area contributed by atoms with Gasteiger partial charge in [-0.15, -0.1) is 0 Å². The van der Waals surface area contributed by atoms with Crippen molar-refractivity contribution in [2.24, 2.45) is 17.1 Å². The second kappa shape index (κ2) is 5.47. The highest BCUT2D eigenvalue weighted by atomic mass is 35.5. The fourth-order valence-corrected chi connectivity index (χ4v) is 3.34. The molecule has 3 N–H and O–H groups in total. The van der Waals surface area contributed by atoms with Gasteiger partial charge in [0.15, 0.2) is 0 Å². The molecule has 1 fully saturated rings. The van der Waals surface area contributed by atoms with E-state index in [4.69, 9.17) is 41.2 Å². The first-order valence-electron chi connectivity index (χ1n) is 6.02. The van der Waals surface area contributed by atoms with Crippen molar-refractivity contribution in [2.75, 3.05) is 5.32 Å². The zero-order valence-electron chi connectivity index (χ0n) is 10.7. The third kappa shape index (κ3) is 2.62. The number of anilines is 1. The van der Waals surface area contributed by atoms with Crippen molar-refractivity contribution in [3.05, 3.63) is 28.0 Å². The summed E-state index contributed by atoms with van der Waals surface area (Å²) in [7, 11) is 0. The Bertz CT molecular complexity index is 565. The summed E-state index contributed by atoms with van der Waals surface area (Å²) < 4.78 is 13.1. The van der Waals surface area contributed by atoms with Crippen LogP contribution in [0.4, 0.5) is 10.1 Å². The molecule has 20 heavy (non-hydrogen) atoms. The zero-order chi connectivity index (χ0) is 15.1. The average molecular weight is 335 g/mol. The summed E-state index contributed by atoms with van der Waals surface area (Å²) in [5.41, 5.74) is 5.00. The first-order valence-corrected chi connectivity index (χ1v) is 7.18. The monoisotopic (exact) mass is 334 g/mol. The van der Waals surface area contributed by atoms with Crippen molar-refractivity contribution < 1.29 is 9.18 Å². The molecule has 0 saturated heterocycles. The van der Waals surface area contributed by atoms with E-state index in [1.807, 2.05) is 6.92 Å². The number of amides is 1. The summed E-state index contributed by atoms with van der Waals surface area (Å²) in [6, 6.07) is 2.17. The molecule has 1 aromatic rings. The molecule has 3 nitrogen and oxygen atoms in total. The third-order valence-corrected chi connectivity index (χ3v) is 4.53. The smallest absolute Gasteiger partial charge is 0.237 e. The predicted octanol–water partition coefficient (Wildman–Crippen LogP) is 3.77. The van der Waals surface area contributed by atoms with Crippen LogP contribution in [0.1, 0.15) is 19.8 Å². The van der Waals surface area contributed by atoms with Crippen molar-refractivity contribution >= 4 is 52.0 Å². The molecular formula is C13H13Cl2FN2OS. The molecule has 0 heterocycles. The Labute approximate surface area is 131 Å². The molecule has 0 aromatic heterocycles. The van der Waals surface area contributed by atoms with Crippen LogP contribution in [0.5, 0.6) is 0 Å². The second-order valence-corrected chi connectivity index (χ2v) is 6.41. The number of nitrogens with one attached hydrogen (secondary N) is 1. The highest BCUT2D eigenvalue weighted by Crippen LogP contribution is 2.47. The molecule has 0 atom stereocenters.